The fraction of sp³-hybridized carbons (Fsp3) is 0.462. The lowest BCUT2D eigenvalue weighted by molar-refractivity contribution is -0.126. The Morgan fingerprint density at radius 2 is 1.82 bits per heavy atom. The van der Waals surface area contributed by atoms with Crippen molar-refractivity contribution in [2.24, 2.45) is 5.73 Å². The molecule has 0 saturated heterocycles. The van der Waals surface area contributed by atoms with Crippen molar-refractivity contribution in [3.8, 4) is 5.75 Å². The van der Waals surface area contributed by atoms with E-state index in [1.165, 1.54) is 18.4 Å². The molecule has 0 atom stereocenters. The number of carbonyl (C=O) groups excluding carboxylic acids is 3. The van der Waals surface area contributed by atoms with E-state index in [0.717, 1.165) is 30.6 Å². The van der Waals surface area contributed by atoms with Gasteiger partial charge in [0, 0.05) is 36.6 Å². The average Bonchev–Trinajstić information content (AvgIpc) is 3.55. The molecule has 12 nitrogen and oxygen atoms in total. The molecule has 212 valence electrons. The summed E-state index contributed by atoms with van der Waals surface area (Å²) in [6.07, 6.45) is 7.52. The molecule has 0 aliphatic rings. The number of unbranched alkanes of at least 4 members (excludes halogenated alkanes) is 3. The van der Waals surface area contributed by atoms with Crippen molar-refractivity contribution < 1.29 is 28.6 Å². The number of carbonyl (C=O) groups is 3. The molecule has 3 rings (SSSR count). The van der Waals surface area contributed by atoms with Crippen LogP contribution < -0.4 is 26.4 Å². The van der Waals surface area contributed by atoms with Gasteiger partial charge in [-0.25, -0.2) is 4.98 Å². The van der Waals surface area contributed by atoms with Gasteiger partial charge in [0.2, 0.25) is 5.91 Å². The number of rotatable bonds is 18. The Labute approximate surface area is 231 Å². The lowest BCUT2D eigenvalue weighted by atomic mass is 10.1. The summed E-state index contributed by atoms with van der Waals surface area (Å²) in [5, 5.41) is 10.2. The number of amides is 3. The summed E-state index contributed by atoms with van der Waals surface area (Å²) < 4.78 is 17.8. The maximum absolute atomic E-state index is 12.7. The van der Waals surface area contributed by atoms with E-state index >= 15 is 0 Å². The van der Waals surface area contributed by atoms with Crippen LogP contribution in [-0.2, 0) is 14.3 Å². The van der Waals surface area contributed by atoms with Crippen LogP contribution in [0.15, 0.2) is 36.0 Å². The van der Waals surface area contributed by atoms with Crippen LogP contribution in [0.1, 0.15) is 46.5 Å². The first-order valence-corrected chi connectivity index (χ1v) is 13.7. The number of imidazole rings is 1. The summed E-state index contributed by atoms with van der Waals surface area (Å²) >= 11 is 1.43. The van der Waals surface area contributed by atoms with Crippen LogP contribution in [0, 0.1) is 0 Å². The lowest BCUT2D eigenvalue weighted by Gasteiger charge is -2.12. The highest BCUT2D eigenvalue weighted by atomic mass is 32.1. The van der Waals surface area contributed by atoms with Crippen molar-refractivity contribution in [3.63, 3.8) is 0 Å². The number of benzene rings is 1. The maximum atomic E-state index is 12.7. The summed E-state index contributed by atoms with van der Waals surface area (Å²) in [5.74, 6) is -0.534. The normalized spacial score (nSPS) is 10.9. The van der Waals surface area contributed by atoms with Crippen LogP contribution >= 0.6 is 11.3 Å². The van der Waals surface area contributed by atoms with Crippen LogP contribution in [0.4, 0.5) is 5.69 Å². The largest absolute Gasteiger partial charge is 0.496 e. The number of fused-ring (bicyclic) bond motifs is 1. The second-order valence-corrected chi connectivity index (χ2v) is 9.43. The Morgan fingerprint density at radius 3 is 2.62 bits per heavy atom. The number of ether oxygens (including phenoxy) is 3. The fourth-order valence-electron chi connectivity index (χ4n) is 3.61. The molecule has 13 heteroatoms. The second kappa shape index (κ2) is 16.4. The highest BCUT2D eigenvalue weighted by Gasteiger charge is 2.16. The molecule has 2 aromatic heterocycles. The Morgan fingerprint density at radius 1 is 1.00 bits per heavy atom. The van der Waals surface area contributed by atoms with E-state index in [1.807, 2.05) is 11.6 Å². The van der Waals surface area contributed by atoms with Crippen LogP contribution in [-0.4, -0.2) is 80.3 Å². The van der Waals surface area contributed by atoms with Crippen molar-refractivity contribution in [2.45, 2.75) is 25.7 Å². The average molecular weight is 561 g/mol. The van der Waals surface area contributed by atoms with E-state index in [0.29, 0.717) is 31.1 Å². The quantitative estimate of drug-likeness (QED) is 0.172. The number of nitrogens with zero attached hydrogens (tertiary/aromatic N) is 2. The summed E-state index contributed by atoms with van der Waals surface area (Å²) in [6.45, 7) is 2.39. The van der Waals surface area contributed by atoms with Gasteiger partial charge in [0.25, 0.3) is 11.8 Å². The zero-order chi connectivity index (χ0) is 27.9. The molecule has 3 amide bonds. The smallest absolute Gasteiger partial charge is 0.275 e. The molecule has 0 unspecified atom stereocenters. The van der Waals surface area contributed by atoms with Crippen molar-refractivity contribution in [1.29, 1.82) is 0 Å². The van der Waals surface area contributed by atoms with Crippen LogP contribution in [0.2, 0.25) is 0 Å². The minimum atomic E-state index is -0.381. The monoisotopic (exact) mass is 560 g/mol. The predicted molar refractivity (Wildman–Crippen MR) is 149 cm³/mol. The number of thiazole rings is 1. The summed E-state index contributed by atoms with van der Waals surface area (Å²) in [7, 11) is 1.47. The third kappa shape index (κ3) is 9.94. The van der Waals surface area contributed by atoms with Gasteiger partial charge in [-0.3, -0.25) is 18.8 Å². The third-order valence-corrected chi connectivity index (χ3v) is 6.39. The molecule has 0 spiro atoms. The highest BCUT2D eigenvalue weighted by molar-refractivity contribution is 7.15. The molecule has 2 heterocycles. The Kier molecular flexibility index (Phi) is 12.7. The van der Waals surface area contributed by atoms with Gasteiger partial charge in [0.05, 0.1) is 32.5 Å². The first-order chi connectivity index (χ1) is 19.0. The fourth-order valence-corrected chi connectivity index (χ4v) is 4.31. The van der Waals surface area contributed by atoms with E-state index in [1.54, 1.807) is 28.8 Å². The molecule has 3 aromatic rings. The maximum Gasteiger partial charge on any atom is 0.275 e. The van der Waals surface area contributed by atoms with E-state index in [4.69, 9.17) is 19.9 Å². The molecule has 1 aromatic carbocycles. The van der Waals surface area contributed by atoms with Crippen LogP contribution in [0.3, 0.4) is 0 Å². The Hall–Kier alpha value is -3.52. The topological polar surface area (TPSA) is 158 Å². The van der Waals surface area contributed by atoms with E-state index in [2.05, 4.69) is 20.9 Å². The number of nitrogens with two attached hydrogens (primary N) is 1. The van der Waals surface area contributed by atoms with Gasteiger partial charge in [-0.1, -0.05) is 12.8 Å². The van der Waals surface area contributed by atoms with Crippen LogP contribution in [0.5, 0.6) is 5.75 Å². The first-order valence-electron chi connectivity index (χ1n) is 12.8. The minimum absolute atomic E-state index is 0.0192. The van der Waals surface area contributed by atoms with Crippen molar-refractivity contribution in [2.75, 3.05) is 58.5 Å². The van der Waals surface area contributed by atoms with Crippen molar-refractivity contribution in [1.82, 2.24) is 20.0 Å². The van der Waals surface area contributed by atoms with Gasteiger partial charge in [-0.15, -0.1) is 11.3 Å². The predicted octanol–water partition coefficient (Wildman–Crippen LogP) is 2.06. The van der Waals surface area contributed by atoms with E-state index in [9.17, 15) is 14.4 Å². The number of aromatic nitrogens is 2. The zero-order valence-corrected chi connectivity index (χ0v) is 22.9. The summed E-state index contributed by atoms with van der Waals surface area (Å²) in [4.78, 5) is 42.1. The van der Waals surface area contributed by atoms with Crippen molar-refractivity contribution in [3.05, 3.63) is 47.2 Å². The summed E-state index contributed by atoms with van der Waals surface area (Å²) in [5.41, 5.74) is 6.44. The first kappa shape index (κ1) is 30.0. The number of methoxy groups -OCH3 is 1. The molecule has 0 saturated carbocycles. The molecule has 0 bridgehead atoms. The number of anilines is 1. The lowest BCUT2D eigenvalue weighted by Crippen LogP contribution is -2.29. The standard InChI is InChI=1S/C26H36N6O6S/c1-36-22-7-6-19(30-25(35)21-17-32-11-15-39-26(32)31-21)16-20(22)24(34)29-10-12-37-13-14-38-18-23(33)28-9-5-3-2-4-8-27/h6-7,11,15-17H,2-5,8-10,12-14,18,27H2,1H3,(H,28,33)(H,29,34)(H,30,35). The number of hydrogen-bond donors (Lipinski definition) is 4. The van der Waals surface area contributed by atoms with Gasteiger partial charge in [-0.2, -0.15) is 0 Å². The highest BCUT2D eigenvalue weighted by Crippen LogP contribution is 2.23. The number of nitrogens with one attached hydrogen (secondary N) is 3. The minimum Gasteiger partial charge on any atom is -0.496 e. The molecule has 5 N–H and O–H groups in total. The van der Waals surface area contributed by atoms with E-state index in [-0.39, 0.29) is 55.3 Å². The molecule has 39 heavy (non-hydrogen) atoms. The molecule has 0 aliphatic heterocycles. The number of hydrogen-bond acceptors (Lipinski definition) is 9. The third-order valence-electron chi connectivity index (χ3n) is 5.62. The van der Waals surface area contributed by atoms with Gasteiger partial charge in [0.1, 0.15) is 18.1 Å². The SMILES string of the molecule is COc1ccc(NC(=O)c2cn3ccsc3n2)cc1C(=O)NCCOCCOCC(=O)NCCCCCCN. The molecule has 0 aliphatic carbocycles. The van der Waals surface area contributed by atoms with Crippen molar-refractivity contribution >= 4 is 39.7 Å². The zero-order valence-electron chi connectivity index (χ0n) is 22.1. The second-order valence-electron chi connectivity index (χ2n) is 8.56. The molecular weight excluding hydrogens is 524 g/mol. The van der Waals surface area contributed by atoms with Gasteiger partial charge >= 0.3 is 0 Å². The Bertz CT molecular complexity index is 1180. The molecule has 0 fully saturated rings. The summed E-state index contributed by atoms with van der Waals surface area (Å²) in [6, 6.07) is 4.81. The van der Waals surface area contributed by atoms with Gasteiger partial charge in [0.15, 0.2) is 4.96 Å². The molecule has 0 radical (unpaired) electrons. The van der Waals surface area contributed by atoms with Gasteiger partial charge < -0.3 is 35.9 Å². The van der Waals surface area contributed by atoms with Crippen LogP contribution in [0.25, 0.3) is 4.96 Å². The molecular formula is C26H36N6O6S. The van der Waals surface area contributed by atoms with Gasteiger partial charge in [-0.05, 0) is 37.6 Å². The van der Waals surface area contributed by atoms with E-state index < -0.39 is 0 Å². The Balaban J connectivity index is 1.32.